The molecule has 1 fully saturated rings. The summed E-state index contributed by atoms with van der Waals surface area (Å²) in [6.07, 6.45) is 3.47. The average molecular weight is 392 g/mol. The van der Waals surface area contributed by atoms with Crippen molar-refractivity contribution in [2.45, 2.75) is 25.8 Å². The monoisotopic (exact) mass is 392 g/mol. The van der Waals surface area contributed by atoms with Crippen LogP contribution in [-0.2, 0) is 22.6 Å². The summed E-state index contributed by atoms with van der Waals surface area (Å²) in [4.78, 5) is 25.9. The molecule has 1 saturated heterocycles. The number of halogens is 1. The Morgan fingerprint density at radius 2 is 1.76 bits per heavy atom. The number of carbonyl (C=O) groups is 2. The number of anilines is 2. The zero-order valence-corrected chi connectivity index (χ0v) is 15.8. The van der Waals surface area contributed by atoms with Gasteiger partial charge in [0, 0.05) is 30.9 Å². The maximum Gasteiger partial charge on any atom is 0.229 e. The van der Waals surface area contributed by atoms with Gasteiger partial charge in [-0.15, -0.1) is 0 Å². The van der Waals surface area contributed by atoms with Gasteiger partial charge in [0.25, 0.3) is 0 Å². The molecule has 0 spiro atoms. The Bertz CT molecular complexity index is 1010. The topological polar surface area (TPSA) is 67.2 Å². The van der Waals surface area contributed by atoms with Crippen LogP contribution < -0.4 is 10.2 Å². The molecule has 1 aliphatic heterocycles. The first kappa shape index (κ1) is 18.9. The lowest BCUT2D eigenvalue weighted by Crippen LogP contribution is -2.23. The second-order valence-electron chi connectivity index (χ2n) is 7.07. The Kier molecular flexibility index (Phi) is 5.37. The van der Waals surface area contributed by atoms with Gasteiger partial charge in [-0.25, -0.2) is 4.39 Å². The first-order valence-electron chi connectivity index (χ1n) is 9.54. The zero-order valence-electron chi connectivity index (χ0n) is 15.8. The molecule has 0 unspecified atom stereocenters. The molecule has 6 nitrogen and oxygen atoms in total. The van der Waals surface area contributed by atoms with Crippen molar-refractivity contribution in [3.63, 3.8) is 0 Å². The number of nitrogens with zero attached hydrogens (tertiary/aromatic N) is 3. The molecule has 2 aromatic carbocycles. The molecule has 0 radical (unpaired) electrons. The molecule has 2 amide bonds. The van der Waals surface area contributed by atoms with Crippen molar-refractivity contribution < 1.29 is 14.0 Å². The third-order valence-corrected chi connectivity index (χ3v) is 4.85. The number of nitrogens with one attached hydrogen (secondary N) is 1. The maximum absolute atomic E-state index is 13.0. The van der Waals surface area contributed by atoms with Crippen LogP contribution in [-0.4, -0.2) is 28.1 Å². The molecule has 1 aromatic heterocycles. The normalized spacial score (nSPS) is 13.7. The summed E-state index contributed by atoms with van der Waals surface area (Å²) in [6.45, 7) is 1.24. The lowest BCUT2D eigenvalue weighted by molar-refractivity contribution is -0.117. The van der Waals surface area contributed by atoms with Crippen LogP contribution in [0.15, 0.2) is 60.8 Å². The standard InChI is InChI=1S/C22H21FN4O2/c23-18-7-3-17(4-8-18)15-26-13-11-20(25-26)24-21(28)14-16-5-9-19(10-6-16)27-12-1-2-22(27)29/h3-11,13H,1-2,12,14-15H2,(H,24,25,28). The average Bonchev–Trinajstić information content (AvgIpc) is 3.33. The van der Waals surface area contributed by atoms with E-state index in [4.69, 9.17) is 0 Å². The molecule has 0 aliphatic carbocycles. The van der Waals surface area contributed by atoms with Crippen LogP contribution >= 0.6 is 0 Å². The summed E-state index contributed by atoms with van der Waals surface area (Å²) < 4.78 is 14.7. The minimum atomic E-state index is -0.276. The Morgan fingerprint density at radius 3 is 2.45 bits per heavy atom. The van der Waals surface area contributed by atoms with E-state index >= 15 is 0 Å². The summed E-state index contributed by atoms with van der Waals surface area (Å²) in [5.41, 5.74) is 2.66. The largest absolute Gasteiger partial charge is 0.312 e. The maximum atomic E-state index is 13.0. The molecule has 148 valence electrons. The number of rotatable bonds is 6. The van der Waals surface area contributed by atoms with Gasteiger partial charge in [0.15, 0.2) is 5.82 Å². The first-order chi connectivity index (χ1) is 14.1. The number of amides is 2. The SMILES string of the molecule is O=C(Cc1ccc(N2CCCC2=O)cc1)Nc1ccn(Cc2ccc(F)cc2)n1. The molecule has 7 heteroatoms. The van der Waals surface area contributed by atoms with Crippen LogP contribution in [0.25, 0.3) is 0 Å². The van der Waals surface area contributed by atoms with Gasteiger partial charge in [0.1, 0.15) is 5.82 Å². The molecule has 29 heavy (non-hydrogen) atoms. The molecule has 0 bridgehead atoms. The molecule has 1 N–H and O–H groups in total. The summed E-state index contributed by atoms with van der Waals surface area (Å²) in [7, 11) is 0. The van der Waals surface area contributed by atoms with Gasteiger partial charge in [-0.1, -0.05) is 24.3 Å². The number of benzene rings is 2. The minimum absolute atomic E-state index is 0.145. The van der Waals surface area contributed by atoms with E-state index < -0.39 is 0 Å². The number of hydrogen-bond donors (Lipinski definition) is 1. The third-order valence-electron chi connectivity index (χ3n) is 4.85. The van der Waals surface area contributed by atoms with Gasteiger partial charge in [-0.2, -0.15) is 5.10 Å². The van der Waals surface area contributed by atoms with Crippen molar-refractivity contribution >= 4 is 23.3 Å². The predicted octanol–water partition coefficient (Wildman–Crippen LogP) is 3.38. The zero-order chi connectivity index (χ0) is 20.2. The molecule has 3 aromatic rings. The van der Waals surface area contributed by atoms with Crippen molar-refractivity contribution in [2.75, 3.05) is 16.8 Å². The second-order valence-corrected chi connectivity index (χ2v) is 7.07. The first-order valence-corrected chi connectivity index (χ1v) is 9.54. The third kappa shape index (κ3) is 4.68. The van der Waals surface area contributed by atoms with Crippen molar-refractivity contribution in [1.29, 1.82) is 0 Å². The minimum Gasteiger partial charge on any atom is -0.312 e. The summed E-state index contributed by atoms with van der Waals surface area (Å²) in [6, 6.07) is 15.4. The van der Waals surface area contributed by atoms with E-state index in [1.54, 1.807) is 34.0 Å². The second kappa shape index (κ2) is 8.26. The van der Waals surface area contributed by atoms with Crippen LogP contribution in [0.5, 0.6) is 0 Å². The highest BCUT2D eigenvalue weighted by Gasteiger charge is 2.21. The van der Waals surface area contributed by atoms with E-state index in [9.17, 15) is 14.0 Å². The Morgan fingerprint density at radius 1 is 1.03 bits per heavy atom. The molecule has 2 heterocycles. The number of hydrogen-bond acceptors (Lipinski definition) is 3. The molecular weight excluding hydrogens is 371 g/mol. The van der Waals surface area contributed by atoms with Crippen molar-refractivity contribution in [3.8, 4) is 0 Å². The lowest BCUT2D eigenvalue weighted by atomic mass is 10.1. The van der Waals surface area contributed by atoms with Crippen LogP contribution in [0.1, 0.15) is 24.0 Å². The summed E-state index contributed by atoms with van der Waals surface area (Å²) >= 11 is 0. The van der Waals surface area contributed by atoms with Gasteiger partial charge in [-0.05, 0) is 41.8 Å². The smallest absolute Gasteiger partial charge is 0.229 e. The van der Waals surface area contributed by atoms with E-state index in [-0.39, 0.29) is 24.1 Å². The molecular formula is C22H21FN4O2. The van der Waals surface area contributed by atoms with Gasteiger partial charge in [-0.3, -0.25) is 14.3 Å². The number of carbonyl (C=O) groups excluding carboxylic acids is 2. The fourth-order valence-electron chi connectivity index (χ4n) is 3.38. The van der Waals surface area contributed by atoms with Gasteiger partial charge in [0.05, 0.1) is 13.0 Å². The van der Waals surface area contributed by atoms with Crippen LogP contribution in [0, 0.1) is 5.82 Å². The predicted molar refractivity (Wildman–Crippen MR) is 108 cm³/mol. The van der Waals surface area contributed by atoms with E-state index in [1.165, 1.54) is 12.1 Å². The van der Waals surface area contributed by atoms with Crippen LogP contribution in [0.4, 0.5) is 15.9 Å². The lowest BCUT2D eigenvalue weighted by Gasteiger charge is -2.15. The summed E-state index contributed by atoms with van der Waals surface area (Å²) in [5, 5.41) is 7.12. The van der Waals surface area contributed by atoms with Gasteiger partial charge < -0.3 is 10.2 Å². The molecule has 0 saturated carbocycles. The highest BCUT2D eigenvalue weighted by Crippen LogP contribution is 2.21. The molecule has 4 rings (SSSR count). The van der Waals surface area contributed by atoms with Crippen molar-refractivity contribution in [3.05, 3.63) is 77.7 Å². The fraction of sp³-hybridized carbons (Fsp3) is 0.227. The highest BCUT2D eigenvalue weighted by molar-refractivity contribution is 5.95. The van der Waals surface area contributed by atoms with Crippen molar-refractivity contribution in [2.24, 2.45) is 0 Å². The van der Waals surface area contributed by atoms with Crippen LogP contribution in [0.2, 0.25) is 0 Å². The quantitative estimate of drug-likeness (QED) is 0.699. The van der Waals surface area contributed by atoms with E-state index in [1.807, 2.05) is 24.3 Å². The number of aromatic nitrogens is 2. The highest BCUT2D eigenvalue weighted by atomic mass is 19.1. The Labute approximate surface area is 167 Å². The molecule has 0 atom stereocenters. The Balaban J connectivity index is 1.32. The van der Waals surface area contributed by atoms with Gasteiger partial charge in [0.2, 0.25) is 11.8 Å². The van der Waals surface area contributed by atoms with Crippen molar-refractivity contribution in [1.82, 2.24) is 9.78 Å². The summed E-state index contributed by atoms with van der Waals surface area (Å²) in [5.74, 6) is 0.173. The van der Waals surface area contributed by atoms with E-state index in [2.05, 4.69) is 10.4 Å². The van der Waals surface area contributed by atoms with E-state index in [0.29, 0.717) is 18.8 Å². The molecule has 1 aliphatic rings. The Hall–Kier alpha value is -3.48. The van der Waals surface area contributed by atoms with Gasteiger partial charge >= 0.3 is 0 Å². The fourth-order valence-corrected chi connectivity index (χ4v) is 3.38. The van der Waals surface area contributed by atoms with Crippen LogP contribution in [0.3, 0.4) is 0 Å². The van der Waals surface area contributed by atoms with E-state index in [0.717, 1.165) is 29.8 Å².